The molecule has 1 aliphatic carbocycles. The highest BCUT2D eigenvalue weighted by molar-refractivity contribution is 6.33. The van der Waals surface area contributed by atoms with Crippen LogP contribution in [-0.4, -0.2) is 20.2 Å². The Kier molecular flexibility index (Phi) is 2.32. The number of halogens is 1. The SMILES string of the molecule is Clc1nc(C2CC2c2ccccc2)nc2c[nH]nc12. The molecule has 0 spiro atoms. The molecule has 2 heterocycles. The monoisotopic (exact) mass is 270 g/mol. The molecule has 1 saturated carbocycles. The zero-order valence-corrected chi connectivity index (χ0v) is 10.8. The summed E-state index contributed by atoms with van der Waals surface area (Å²) in [6.07, 6.45) is 2.84. The molecule has 0 saturated heterocycles. The standard InChI is InChI=1S/C14H11ClN4/c15-13-12-11(7-16-19-12)17-14(18-13)10-6-9(10)8-4-2-1-3-5-8/h1-5,7,9-10H,6H2,(H,16,19). The highest BCUT2D eigenvalue weighted by atomic mass is 35.5. The molecule has 1 aliphatic rings. The van der Waals surface area contributed by atoms with Crippen LogP contribution in [0.5, 0.6) is 0 Å². The summed E-state index contributed by atoms with van der Waals surface area (Å²) in [7, 11) is 0. The lowest BCUT2D eigenvalue weighted by atomic mass is 10.1. The maximum absolute atomic E-state index is 6.14. The van der Waals surface area contributed by atoms with Crippen LogP contribution in [-0.2, 0) is 0 Å². The molecule has 2 atom stereocenters. The third-order valence-corrected chi connectivity index (χ3v) is 3.88. The van der Waals surface area contributed by atoms with Gasteiger partial charge < -0.3 is 0 Å². The van der Waals surface area contributed by atoms with E-state index in [4.69, 9.17) is 11.6 Å². The van der Waals surface area contributed by atoms with Crippen LogP contribution in [0, 0.1) is 0 Å². The summed E-state index contributed by atoms with van der Waals surface area (Å²) in [5.41, 5.74) is 2.77. The van der Waals surface area contributed by atoms with Gasteiger partial charge in [-0.2, -0.15) is 5.10 Å². The summed E-state index contributed by atoms with van der Waals surface area (Å²) < 4.78 is 0. The van der Waals surface area contributed by atoms with E-state index in [2.05, 4.69) is 44.4 Å². The van der Waals surface area contributed by atoms with Crippen molar-refractivity contribution in [3.63, 3.8) is 0 Å². The van der Waals surface area contributed by atoms with Crippen molar-refractivity contribution in [1.82, 2.24) is 20.2 Å². The van der Waals surface area contributed by atoms with Crippen LogP contribution < -0.4 is 0 Å². The lowest BCUT2D eigenvalue weighted by molar-refractivity contribution is 0.910. The normalized spacial score (nSPS) is 21.7. The van der Waals surface area contributed by atoms with E-state index in [0.717, 1.165) is 17.8 Å². The Hall–Kier alpha value is -1.94. The first-order valence-electron chi connectivity index (χ1n) is 6.25. The number of fused-ring (bicyclic) bond motifs is 1. The third-order valence-electron chi connectivity index (χ3n) is 3.61. The van der Waals surface area contributed by atoms with Gasteiger partial charge in [0, 0.05) is 12.1 Å². The molecule has 2 unspecified atom stereocenters. The molecule has 1 aromatic carbocycles. The van der Waals surface area contributed by atoms with Crippen molar-refractivity contribution in [2.45, 2.75) is 18.3 Å². The second-order valence-corrected chi connectivity index (χ2v) is 5.21. The minimum absolute atomic E-state index is 0.374. The molecule has 0 aliphatic heterocycles. The fourth-order valence-electron chi connectivity index (χ4n) is 2.54. The fourth-order valence-corrected chi connectivity index (χ4v) is 2.76. The van der Waals surface area contributed by atoms with Crippen LogP contribution in [0.4, 0.5) is 0 Å². The van der Waals surface area contributed by atoms with Crippen LogP contribution in [0.3, 0.4) is 0 Å². The highest BCUT2D eigenvalue weighted by Crippen LogP contribution is 2.53. The lowest BCUT2D eigenvalue weighted by Gasteiger charge is -2.01. The quantitative estimate of drug-likeness (QED) is 0.727. The van der Waals surface area contributed by atoms with Gasteiger partial charge in [0.15, 0.2) is 5.15 Å². The van der Waals surface area contributed by atoms with E-state index in [0.29, 0.717) is 22.5 Å². The smallest absolute Gasteiger partial charge is 0.160 e. The molecule has 1 fully saturated rings. The van der Waals surface area contributed by atoms with E-state index >= 15 is 0 Å². The Balaban J connectivity index is 1.70. The summed E-state index contributed by atoms with van der Waals surface area (Å²) in [6.45, 7) is 0. The Morgan fingerprint density at radius 3 is 2.79 bits per heavy atom. The van der Waals surface area contributed by atoms with Crippen molar-refractivity contribution >= 4 is 22.6 Å². The predicted molar refractivity (Wildman–Crippen MR) is 73.2 cm³/mol. The van der Waals surface area contributed by atoms with E-state index in [1.165, 1.54) is 5.56 Å². The van der Waals surface area contributed by atoms with Gasteiger partial charge in [-0.25, -0.2) is 9.97 Å². The van der Waals surface area contributed by atoms with Crippen LogP contribution in [0.1, 0.15) is 29.6 Å². The number of rotatable bonds is 2. The zero-order chi connectivity index (χ0) is 12.8. The molecule has 19 heavy (non-hydrogen) atoms. The molecule has 0 amide bonds. The fraction of sp³-hybridized carbons (Fsp3) is 0.214. The summed E-state index contributed by atoms with van der Waals surface area (Å²) in [5.74, 6) is 1.72. The number of hydrogen-bond acceptors (Lipinski definition) is 3. The van der Waals surface area contributed by atoms with Gasteiger partial charge in [0.1, 0.15) is 16.9 Å². The van der Waals surface area contributed by atoms with Gasteiger partial charge in [-0.3, -0.25) is 5.10 Å². The molecule has 5 heteroatoms. The minimum atomic E-state index is 0.374. The summed E-state index contributed by atoms with van der Waals surface area (Å²) >= 11 is 6.14. The Morgan fingerprint density at radius 1 is 1.11 bits per heavy atom. The van der Waals surface area contributed by atoms with Crippen LogP contribution >= 0.6 is 11.6 Å². The van der Waals surface area contributed by atoms with Crippen molar-refractivity contribution in [3.05, 3.63) is 53.1 Å². The van der Waals surface area contributed by atoms with Crippen LogP contribution in [0.25, 0.3) is 11.0 Å². The Labute approximate surface area is 114 Å². The van der Waals surface area contributed by atoms with Crippen molar-refractivity contribution in [2.24, 2.45) is 0 Å². The van der Waals surface area contributed by atoms with Crippen LogP contribution in [0.2, 0.25) is 5.15 Å². The first-order chi connectivity index (χ1) is 9.33. The molecular weight excluding hydrogens is 260 g/mol. The maximum Gasteiger partial charge on any atom is 0.160 e. The molecule has 0 radical (unpaired) electrons. The molecule has 4 rings (SSSR count). The van der Waals surface area contributed by atoms with Crippen molar-refractivity contribution < 1.29 is 0 Å². The largest absolute Gasteiger partial charge is 0.283 e. The molecule has 1 N–H and O–H groups in total. The summed E-state index contributed by atoms with van der Waals surface area (Å²) in [5, 5.41) is 7.24. The number of aromatic amines is 1. The van der Waals surface area contributed by atoms with Gasteiger partial charge in [0.05, 0.1) is 0 Å². The van der Waals surface area contributed by atoms with Gasteiger partial charge >= 0.3 is 0 Å². The van der Waals surface area contributed by atoms with E-state index in [-0.39, 0.29) is 0 Å². The molecule has 2 aromatic heterocycles. The number of H-pyrrole nitrogens is 1. The van der Waals surface area contributed by atoms with Gasteiger partial charge in [-0.1, -0.05) is 41.9 Å². The lowest BCUT2D eigenvalue weighted by Crippen LogP contribution is -1.95. The molecule has 94 valence electrons. The second kappa shape index (κ2) is 4.03. The average molecular weight is 271 g/mol. The predicted octanol–water partition coefficient (Wildman–Crippen LogP) is 3.28. The van der Waals surface area contributed by atoms with Gasteiger partial charge in [0.2, 0.25) is 0 Å². The summed E-state index contributed by atoms with van der Waals surface area (Å²) in [6, 6.07) is 10.5. The second-order valence-electron chi connectivity index (χ2n) is 4.85. The molecule has 3 aromatic rings. The molecule has 4 nitrogen and oxygen atoms in total. The van der Waals surface area contributed by atoms with E-state index in [1.54, 1.807) is 6.20 Å². The first-order valence-corrected chi connectivity index (χ1v) is 6.62. The van der Waals surface area contributed by atoms with Gasteiger partial charge in [0.25, 0.3) is 0 Å². The highest BCUT2D eigenvalue weighted by Gasteiger charge is 2.42. The van der Waals surface area contributed by atoms with Gasteiger partial charge in [-0.15, -0.1) is 0 Å². The van der Waals surface area contributed by atoms with Crippen LogP contribution in [0.15, 0.2) is 36.5 Å². The summed E-state index contributed by atoms with van der Waals surface area (Å²) in [4.78, 5) is 8.93. The minimum Gasteiger partial charge on any atom is -0.283 e. The average Bonchev–Trinajstić information content (AvgIpc) is 3.10. The Morgan fingerprint density at radius 2 is 1.95 bits per heavy atom. The molecule has 0 bridgehead atoms. The number of aromatic nitrogens is 4. The number of hydrogen-bond donors (Lipinski definition) is 1. The third kappa shape index (κ3) is 1.79. The van der Waals surface area contributed by atoms with Crippen molar-refractivity contribution in [2.75, 3.05) is 0 Å². The maximum atomic E-state index is 6.14. The Bertz CT molecular complexity index is 738. The first kappa shape index (κ1) is 10.9. The number of nitrogens with one attached hydrogen (secondary N) is 1. The topological polar surface area (TPSA) is 54.5 Å². The zero-order valence-electron chi connectivity index (χ0n) is 10.0. The van der Waals surface area contributed by atoms with Crippen molar-refractivity contribution in [1.29, 1.82) is 0 Å². The van der Waals surface area contributed by atoms with E-state index in [1.807, 2.05) is 6.07 Å². The number of nitrogens with zero attached hydrogens (tertiary/aromatic N) is 3. The number of benzene rings is 1. The molecular formula is C14H11ClN4. The van der Waals surface area contributed by atoms with Gasteiger partial charge in [-0.05, 0) is 17.9 Å². The van der Waals surface area contributed by atoms with E-state index < -0.39 is 0 Å². The van der Waals surface area contributed by atoms with Crippen molar-refractivity contribution in [3.8, 4) is 0 Å². The van der Waals surface area contributed by atoms with E-state index in [9.17, 15) is 0 Å².